The van der Waals surface area contributed by atoms with Crippen molar-refractivity contribution in [3.05, 3.63) is 23.3 Å². The fourth-order valence-electron chi connectivity index (χ4n) is 3.59. The Morgan fingerprint density at radius 2 is 1.85 bits per heavy atom. The molecular weight excluding hydrogens is 344 g/mol. The normalized spacial score (nSPS) is 19.7. The molecule has 27 heavy (non-hydrogen) atoms. The minimum absolute atomic E-state index is 0.00769. The number of fused-ring (bicyclic) bond motifs is 2. The fraction of sp³-hybridized carbons (Fsp3) is 0.619. The van der Waals surface area contributed by atoms with E-state index in [-0.39, 0.29) is 12.0 Å². The van der Waals surface area contributed by atoms with E-state index in [1.807, 2.05) is 25.7 Å². The first-order valence-electron chi connectivity index (χ1n) is 9.81. The van der Waals surface area contributed by atoms with Crippen LogP contribution in [0.3, 0.4) is 0 Å². The first-order chi connectivity index (χ1) is 12.7. The van der Waals surface area contributed by atoms with E-state index >= 15 is 0 Å². The van der Waals surface area contributed by atoms with Crippen molar-refractivity contribution in [1.29, 1.82) is 0 Å². The zero-order valence-electron chi connectivity index (χ0n) is 17.0. The van der Waals surface area contributed by atoms with E-state index < -0.39 is 11.7 Å². The SMILES string of the molecule is CCCN1C(=O)C(C)Oc2cc3c(cc21)CCN(C(=O)OC(C)(C)C)CC3. The van der Waals surface area contributed by atoms with Gasteiger partial charge in [-0.2, -0.15) is 0 Å². The van der Waals surface area contributed by atoms with E-state index in [0.717, 1.165) is 30.7 Å². The first kappa shape index (κ1) is 19.5. The quantitative estimate of drug-likeness (QED) is 0.794. The average Bonchev–Trinajstić information content (AvgIpc) is 2.78. The van der Waals surface area contributed by atoms with E-state index in [2.05, 4.69) is 19.1 Å². The molecular formula is C21H30N2O4. The molecule has 1 aromatic carbocycles. The van der Waals surface area contributed by atoms with E-state index in [1.54, 1.807) is 11.8 Å². The van der Waals surface area contributed by atoms with Crippen molar-refractivity contribution in [2.45, 2.75) is 65.6 Å². The van der Waals surface area contributed by atoms with Gasteiger partial charge in [0.1, 0.15) is 11.4 Å². The van der Waals surface area contributed by atoms with E-state index in [4.69, 9.17) is 9.47 Å². The maximum atomic E-state index is 12.5. The monoisotopic (exact) mass is 374 g/mol. The van der Waals surface area contributed by atoms with Crippen molar-refractivity contribution in [3.63, 3.8) is 0 Å². The lowest BCUT2D eigenvalue weighted by molar-refractivity contribution is -0.125. The molecule has 6 heteroatoms. The summed E-state index contributed by atoms with van der Waals surface area (Å²) in [5.41, 5.74) is 2.70. The van der Waals surface area contributed by atoms with Gasteiger partial charge in [-0.25, -0.2) is 4.79 Å². The van der Waals surface area contributed by atoms with Crippen LogP contribution in [0, 0.1) is 0 Å². The summed E-state index contributed by atoms with van der Waals surface area (Å²) >= 11 is 0. The van der Waals surface area contributed by atoms with Crippen LogP contribution in [0.25, 0.3) is 0 Å². The fourth-order valence-corrected chi connectivity index (χ4v) is 3.59. The molecule has 6 nitrogen and oxygen atoms in total. The summed E-state index contributed by atoms with van der Waals surface area (Å²) in [5.74, 6) is 0.772. The van der Waals surface area contributed by atoms with E-state index in [1.165, 1.54) is 11.1 Å². The van der Waals surface area contributed by atoms with Crippen molar-refractivity contribution in [3.8, 4) is 5.75 Å². The third-order valence-corrected chi connectivity index (χ3v) is 4.89. The van der Waals surface area contributed by atoms with Gasteiger partial charge in [0.15, 0.2) is 6.10 Å². The van der Waals surface area contributed by atoms with Crippen LogP contribution in [-0.2, 0) is 22.4 Å². The molecule has 0 bridgehead atoms. The largest absolute Gasteiger partial charge is 0.479 e. The third kappa shape index (κ3) is 4.20. The van der Waals surface area contributed by atoms with E-state index in [9.17, 15) is 9.59 Å². The van der Waals surface area contributed by atoms with Crippen molar-refractivity contribution < 1.29 is 19.1 Å². The summed E-state index contributed by atoms with van der Waals surface area (Å²) in [6, 6.07) is 4.12. The van der Waals surface area contributed by atoms with Gasteiger partial charge in [-0.05, 0) is 70.2 Å². The molecule has 1 unspecified atom stereocenters. The highest BCUT2D eigenvalue weighted by Crippen LogP contribution is 2.37. The number of carbonyl (C=O) groups excluding carboxylic acids is 2. The van der Waals surface area contributed by atoms with Crippen molar-refractivity contribution in [2.75, 3.05) is 24.5 Å². The number of ether oxygens (including phenoxy) is 2. The van der Waals surface area contributed by atoms with Crippen LogP contribution in [0.4, 0.5) is 10.5 Å². The number of nitrogens with zero attached hydrogens (tertiary/aromatic N) is 2. The van der Waals surface area contributed by atoms with Gasteiger partial charge < -0.3 is 19.3 Å². The van der Waals surface area contributed by atoms with Gasteiger partial charge in [0.25, 0.3) is 5.91 Å². The third-order valence-electron chi connectivity index (χ3n) is 4.89. The van der Waals surface area contributed by atoms with Gasteiger partial charge in [-0.3, -0.25) is 4.79 Å². The van der Waals surface area contributed by atoms with Crippen LogP contribution >= 0.6 is 0 Å². The number of anilines is 1. The van der Waals surface area contributed by atoms with Crippen LogP contribution in [0.2, 0.25) is 0 Å². The number of hydrogen-bond donors (Lipinski definition) is 0. The molecule has 0 radical (unpaired) electrons. The molecule has 2 aliphatic heterocycles. The molecule has 0 fully saturated rings. The highest BCUT2D eigenvalue weighted by atomic mass is 16.6. The predicted molar refractivity (Wildman–Crippen MR) is 104 cm³/mol. The first-order valence-corrected chi connectivity index (χ1v) is 9.81. The second kappa shape index (κ2) is 7.41. The van der Waals surface area contributed by atoms with Crippen molar-refractivity contribution >= 4 is 17.7 Å². The Bertz CT molecular complexity index is 738. The highest BCUT2D eigenvalue weighted by molar-refractivity contribution is 6.00. The number of carbonyl (C=O) groups is 2. The molecule has 0 saturated heterocycles. The molecule has 3 rings (SSSR count). The van der Waals surface area contributed by atoms with Crippen LogP contribution < -0.4 is 9.64 Å². The summed E-state index contributed by atoms with van der Waals surface area (Å²) in [4.78, 5) is 28.5. The maximum absolute atomic E-state index is 12.5. The van der Waals surface area contributed by atoms with Crippen LogP contribution in [0.15, 0.2) is 12.1 Å². The van der Waals surface area contributed by atoms with Crippen LogP contribution in [0.5, 0.6) is 5.75 Å². The van der Waals surface area contributed by atoms with Crippen molar-refractivity contribution in [2.24, 2.45) is 0 Å². The predicted octanol–water partition coefficient (Wildman–Crippen LogP) is 3.55. The molecule has 2 aliphatic rings. The molecule has 0 saturated carbocycles. The Morgan fingerprint density at radius 3 is 2.44 bits per heavy atom. The Morgan fingerprint density at radius 1 is 1.22 bits per heavy atom. The number of rotatable bonds is 2. The van der Waals surface area contributed by atoms with Gasteiger partial charge in [-0.1, -0.05) is 6.92 Å². The molecule has 148 valence electrons. The molecule has 2 amide bonds. The van der Waals surface area contributed by atoms with Crippen molar-refractivity contribution in [1.82, 2.24) is 4.90 Å². The Labute approximate surface area is 161 Å². The number of benzene rings is 1. The Kier molecular flexibility index (Phi) is 5.36. The molecule has 0 spiro atoms. The number of hydrogen-bond acceptors (Lipinski definition) is 4. The molecule has 0 aliphatic carbocycles. The zero-order chi connectivity index (χ0) is 19.8. The van der Waals surface area contributed by atoms with Crippen LogP contribution in [-0.4, -0.2) is 48.2 Å². The molecule has 0 aromatic heterocycles. The summed E-state index contributed by atoms with van der Waals surface area (Å²) in [6.07, 6.45) is 1.65. The van der Waals surface area contributed by atoms with Gasteiger partial charge in [0.2, 0.25) is 0 Å². The number of amides is 2. The summed E-state index contributed by atoms with van der Waals surface area (Å²) in [6.45, 7) is 11.4. The Balaban J connectivity index is 1.84. The topological polar surface area (TPSA) is 59.1 Å². The standard InChI is InChI=1S/C21H30N2O4/c1-6-9-23-17-12-15-7-10-22(20(25)27-21(3,4)5)11-8-16(15)13-18(17)26-14(2)19(23)24/h12-14H,6-11H2,1-5H3. The molecule has 1 atom stereocenters. The summed E-state index contributed by atoms with van der Waals surface area (Å²) in [5, 5.41) is 0. The Hall–Kier alpha value is -2.24. The molecule has 2 heterocycles. The second-order valence-corrected chi connectivity index (χ2v) is 8.31. The zero-order valence-corrected chi connectivity index (χ0v) is 17.0. The molecule has 1 aromatic rings. The lowest BCUT2D eigenvalue weighted by Gasteiger charge is -2.33. The molecule has 0 N–H and O–H groups in total. The van der Waals surface area contributed by atoms with Gasteiger partial charge >= 0.3 is 6.09 Å². The second-order valence-electron chi connectivity index (χ2n) is 8.31. The van der Waals surface area contributed by atoms with Crippen LogP contribution in [0.1, 0.15) is 52.2 Å². The average molecular weight is 374 g/mol. The lowest BCUT2D eigenvalue weighted by Crippen LogP contribution is -2.44. The minimum atomic E-state index is -0.500. The summed E-state index contributed by atoms with van der Waals surface area (Å²) in [7, 11) is 0. The summed E-state index contributed by atoms with van der Waals surface area (Å²) < 4.78 is 11.4. The minimum Gasteiger partial charge on any atom is -0.479 e. The maximum Gasteiger partial charge on any atom is 0.410 e. The van der Waals surface area contributed by atoms with Gasteiger partial charge in [0.05, 0.1) is 5.69 Å². The van der Waals surface area contributed by atoms with Gasteiger partial charge in [0, 0.05) is 19.6 Å². The van der Waals surface area contributed by atoms with Gasteiger partial charge in [-0.15, -0.1) is 0 Å². The lowest BCUT2D eigenvalue weighted by atomic mass is 10.00. The van der Waals surface area contributed by atoms with E-state index in [0.29, 0.717) is 19.6 Å². The smallest absolute Gasteiger partial charge is 0.410 e. The highest BCUT2D eigenvalue weighted by Gasteiger charge is 2.32.